The largest absolute Gasteiger partial charge is 0.504 e. The average Bonchev–Trinajstić information content (AvgIpc) is 3.20. The number of nitrogens with zero attached hydrogens (tertiary/aromatic N) is 3. The van der Waals surface area contributed by atoms with E-state index < -0.39 is 23.0 Å². The van der Waals surface area contributed by atoms with E-state index in [1.165, 1.54) is 11.1 Å². The first-order chi connectivity index (χ1) is 26.6. The molecule has 7 heteroatoms. The van der Waals surface area contributed by atoms with Gasteiger partial charge in [-0.3, -0.25) is 4.99 Å². The van der Waals surface area contributed by atoms with Crippen LogP contribution in [0.4, 0.5) is 0 Å². The van der Waals surface area contributed by atoms with Crippen molar-refractivity contribution in [3.63, 3.8) is 0 Å². The first-order valence-corrected chi connectivity index (χ1v) is 18.9. The summed E-state index contributed by atoms with van der Waals surface area (Å²) in [5.74, 6) is -1.27. The van der Waals surface area contributed by atoms with Gasteiger partial charge in [0.25, 0.3) is 0 Å². The molecule has 4 N–H and O–H groups in total. The number of aromatic hydroxyl groups is 4. The Labute approximate surface area is 324 Å². The van der Waals surface area contributed by atoms with Gasteiger partial charge in [0.2, 0.25) is 11.5 Å². The van der Waals surface area contributed by atoms with Crippen LogP contribution in [0.5, 0.6) is 23.0 Å². The van der Waals surface area contributed by atoms with E-state index in [2.05, 4.69) is 94.0 Å². The third-order valence-corrected chi connectivity index (χ3v) is 10.6. The Hall–Kier alpha value is -6.21. The molecule has 0 atom stereocenters. The molecule has 0 spiro atoms. The van der Waals surface area contributed by atoms with Crippen LogP contribution >= 0.6 is 0 Å². The number of allylic oxidation sites excluding steroid dienone is 4. The molecule has 6 rings (SSSR count). The molecular formula is C48H49N3O4. The van der Waals surface area contributed by atoms with Gasteiger partial charge in [0.15, 0.2) is 23.2 Å². The van der Waals surface area contributed by atoms with E-state index in [0.29, 0.717) is 48.6 Å². The second kappa shape index (κ2) is 16.9. The fourth-order valence-corrected chi connectivity index (χ4v) is 7.51. The maximum Gasteiger partial charge on any atom is 0.204 e. The second-order valence-electron chi connectivity index (χ2n) is 14.1. The van der Waals surface area contributed by atoms with Crippen molar-refractivity contribution in [3.8, 4) is 34.1 Å². The summed E-state index contributed by atoms with van der Waals surface area (Å²) in [6.07, 6.45) is 5.27. The molecule has 0 aromatic heterocycles. The normalized spacial score (nSPS) is 13.6. The van der Waals surface area contributed by atoms with E-state index in [0.717, 1.165) is 68.5 Å². The fourth-order valence-electron chi connectivity index (χ4n) is 7.51. The van der Waals surface area contributed by atoms with Crippen molar-refractivity contribution in [1.82, 2.24) is 0 Å². The Morgan fingerprint density at radius 1 is 0.691 bits per heavy atom. The summed E-state index contributed by atoms with van der Waals surface area (Å²) in [6, 6.07) is 30.8. The predicted octanol–water partition coefficient (Wildman–Crippen LogP) is 11.2. The van der Waals surface area contributed by atoms with Crippen LogP contribution in [-0.2, 0) is 13.0 Å². The second-order valence-corrected chi connectivity index (χ2v) is 14.1. The van der Waals surface area contributed by atoms with E-state index in [1.807, 2.05) is 49.4 Å². The number of hydrogen-bond donors (Lipinski definition) is 4. The monoisotopic (exact) mass is 731 g/mol. The van der Waals surface area contributed by atoms with Gasteiger partial charge in [0, 0.05) is 22.3 Å². The molecule has 0 fully saturated rings. The van der Waals surface area contributed by atoms with Gasteiger partial charge in [0.1, 0.15) is 0 Å². The van der Waals surface area contributed by atoms with Crippen LogP contribution in [0.15, 0.2) is 118 Å². The van der Waals surface area contributed by atoms with Gasteiger partial charge in [-0.15, -0.1) is 0 Å². The smallest absolute Gasteiger partial charge is 0.204 e. The predicted molar refractivity (Wildman–Crippen MR) is 227 cm³/mol. The molecule has 0 saturated heterocycles. The lowest BCUT2D eigenvalue weighted by Crippen LogP contribution is -2.09. The van der Waals surface area contributed by atoms with Crippen molar-refractivity contribution in [3.05, 3.63) is 153 Å². The molecule has 0 unspecified atom stereocenters. The van der Waals surface area contributed by atoms with Gasteiger partial charge >= 0.3 is 0 Å². The Bertz CT molecular complexity index is 2380. The Morgan fingerprint density at radius 3 is 2.09 bits per heavy atom. The summed E-state index contributed by atoms with van der Waals surface area (Å²) in [5, 5.41) is 42.9. The molecule has 7 nitrogen and oxygen atoms in total. The van der Waals surface area contributed by atoms with Crippen LogP contribution in [-0.4, -0.2) is 38.8 Å². The third-order valence-electron chi connectivity index (χ3n) is 10.6. The van der Waals surface area contributed by atoms with Gasteiger partial charge < -0.3 is 20.4 Å². The van der Waals surface area contributed by atoms with E-state index in [-0.39, 0.29) is 0 Å². The average molecular weight is 732 g/mol. The summed E-state index contributed by atoms with van der Waals surface area (Å²) in [6.45, 7) is 14.8. The van der Waals surface area contributed by atoms with Crippen molar-refractivity contribution >= 4 is 29.5 Å². The molecule has 1 aliphatic carbocycles. The summed E-state index contributed by atoms with van der Waals surface area (Å²) in [5.41, 5.74) is 13.1. The Morgan fingerprint density at radius 2 is 1.38 bits per heavy atom. The molecule has 55 heavy (non-hydrogen) atoms. The zero-order valence-corrected chi connectivity index (χ0v) is 32.3. The van der Waals surface area contributed by atoms with Gasteiger partial charge in [-0.05, 0) is 109 Å². The van der Waals surface area contributed by atoms with Crippen molar-refractivity contribution < 1.29 is 20.4 Å². The van der Waals surface area contributed by atoms with Crippen molar-refractivity contribution in [2.45, 2.75) is 73.3 Å². The molecule has 0 radical (unpaired) electrons. The molecule has 5 aromatic carbocycles. The fraction of sp³-hybridized carbons (Fsp3) is 0.229. The lowest BCUT2D eigenvalue weighted by Gasteiger charge is -2.24. The zero-order chi connectivity index (χ0) is 39.2. The van der Waals surface area contributed by atoms with Gasteiger partial charge in [-0.1, -0.05) is 117 Å². The van der Waals surface area contributed by atoms with E-state index in [9.17, 15) is 20.4 Å². The zero-order valence-electron chi connectivity index (χ0n) is 32.3. The molecule has 0 heterocycles. The number of amidine groups is 2. The number of hydrogen-bond acceptors (Lipinski definition) is 5. The molecule has 280 valence electrons. The number of aryl methyl sites for hydroxylation is 2. The highest BCUT2D eigenvalue weighted by molar-refractivity contribution is 6.14. The molecule has 0 aliphatic heterocycles. The summed E-state index contributed by atoms with van der Waals surface area (Å²) in [4.78, 5) is 14.7. The summed E-state index contributed by atoms with van der Waals surface area (Å²) in [7, 11) is 0. The molecule has 5 aromatic rings. The summed E-state index contributed by atoms with van der Waals surface area (Å²) < 4.78 is 0. The highest BCUT2D eigenvalue weighted by Crippen LogP contribution is 2.52. The van der Waals surface area contributed by atoms with Crippen molar-refractivity contribution in [2.24, 2.45) is 15.0 Å². The first-order valence-electron chi connectivity index (χ1n) is 18.9. The number of phenolic OH excluding ortho intramolecular Hbond substituents is 4. The number of benzene rings is 5. The van der Waals surface area contributed by atoms with E-state index >= 15 is 0 Å². The molecule has 0 bridgehead atoms. The Balaban J connectivity index is 1.49. The van der Waals surface area contributed by atoms with Crippen LogP contribution in [0.2, 0.25) is 0 Å². The highest BCUT2D eigenvalue weighted by Gasteiger charge is 2.27. The van der Waals surface area contributed by atoms with Crippen LogP contribution in [0.3, 0.4) is 0 Å². The molecule has 1 aliphatic rings. The minimum absolute atomic E-state index is 0.369. The minimum atomic E-state index is -0.722. The van der Waals surface area contributed by atoms with Crippen LogP contribution < -0.4 is 0 Å². The highest BCUT2D eigenvalue weighted by atomic mass is 16.3. The first kappa shape index (κ1) is 38.5. The molecule has 0 saturated carbocycles. The number of aliphatic imine (C=N–C) groups is 3. The third kappa shape index (κ3) is 7.88. The van der Waals surface area contributed by atoms with E-state index in [1.54, 1.807) is 0 Å². The van der Waals surface area contributed by atoms with Crippen LogP contribution in [0.25, 0.3) is 22.3 Å². The maximum absolute atomic E-state index is 11.1. The SMILES string of the molecule is C=N/C(=N\C(=N/Cc1ccccc1)c1cccc(-c2ccccc2C)c1C)c1ccc(C)c(C2=C(CC)CCC(c3c(O)c(O)c(O)c(O)c3CCC)=C2)c1. The minimum Gasteiger partial charge on any atom is -0.504 e. The topological polar surface area (TPSA) is 118 Å². The van der Waals surface area contributed by atoms with Crippen molar-refractivity contribution in [2.75, 3.05) is 0 Å². The summed E-state index contributed by atoms with van der Waals surface area (Å²) >= 11 is 0. The van der Waals surface area contributed by atoms with Gasteiger partial charge in [-0.2, -0.15) is 0 Å². The number of phenols is 4. The van der Waals surface area contributed by atoms with Gasteiger partial charge in [-0.25, -0.2) is 9.98 Å². The number of rotatable bonds is 10. The molecule has 0 amide bonds. The lowest BCUT2D eigenvalue weighted by molar-refractivity contribution is 0.342. The van der Waals surface area contributed by atoms with Crippen molar-refractivity contribution in [1.29, 1.82) is 0 Å². The quantitative estimate of drug-likeness (QED) is 0.0495. The lowest BCUT2D eigenvalue weighted by atomic mass is 9.81. The van der Waals surface area contributed by atoms with Crippen LogP contribution in [0.1, 0.15) is 89.6 Å². The van der Waals surface area contributed by atoms with Crippen LogP contribution in [0, 0.1) is 20.8 Å². The molecular weight excluding hydrogens is 683 g/mol. The van der Waals surface area contributed by atoms with E-state index in [4.69, 9.17) is 9.98 Å². The maximum atomic E-state index is 11.1. The van der Waals surface area contributed by atoms with Gasteiger partial charge in [0.05, 0.1) is 6.54 Å². The standard InChI is InChI=1S/C48H49N3O4/c1-7-15-39-42(44(53)46(55)45(54)43(39)52)34-25-24-33(8-2)41(26-34)40-27-35(23-22-30(40)4)47(49-6)51-48(50-28-32-17-10-9-11-18-32)38-21-14-20-37(31(38)5)36-19-13-12-16-29(36)3/h9-14,16-23,26-27,52-55H,6-8,15,24-25,28H2,1-5H3/b50-48-,51-47-. The Kier molecular flexibility index (Phi) is 11.8.